The number of rotatable bonds is 6. The van der Waals surface area contributed by atoms with E-state index in [1.165, 1.54) is 4.68 Å². The van der Waals surface area contributed by atoms with Crippen LogP contribution in [-0.2, 0) is 11.0 Å². The molecule has 0 aliphatic rings. The van der Waals surface area contributed by atoms with Crippen LogP contribution in [0.5, 0.6) is 0 Å². The van der Waals surface area contributed by atoms with Crippen LogP contribution in [0, 0.1) is 0 Å². The molecule has 1 heterocycles. The van der Waals surface area contributed by atoms with Crippen molar-refractivity contribution in [1.29, 1.82) is 0 Å². The molecule has 7 heteroatoms. The van der Waals surface area contributed by atoms with Crippen LogP contribution in [0.1, 0.15) is 12.6 Å². The molecular formula is C26H26N3O3P. The van der Waals surface area contributed by atoms with Gasteiger partial charge in [-0.1, -0.05) is 85.8 Å². The fourth-order valence-corrected chi connectivity index (χ4v) is 7.14. The number of benzene rings is 3. The lowest BCUT2D eigenvalue weighted by molar-refractivity contribution is 0.587. The molecule has 0 atom stereocenters. The molecule has 6 nitrogen and oxygen atoms in total. The quantitative estimate of drug-likeness (QED) is 0.416. The van der Waals surface area contributed by atoms with E-state index in [0.717, 1.165) is 4.57 Å². The fourth-order valence-electron chi connectivity index (χ4n) is 4.16. The molecular weight excluding hydrogens is 433 g/mol. The van der Waals surface area contributed by atoms with Crippen molar-refractivity contribution in [3.8, 4) is 5.69 Å². The minimum absolute atomic E-state index is 0.152. The fraction of sp³-hybridized carbons (Fsp3) is 0.154. The molecule has 0 aliphatic heterocycles. The van der Waals surface area contributed by atoms with Crippen molar-refractivity contribution in [3.63, 3.8) is 0 Å². The van der Waals surface area contributed by atoms with Crippen molar-refractivity contribution >= 4 is 23.1 Å². The van der Waals surface area contributed by atoms with Crippen molar-refractivity contribution in [3.05, 3.63) is 118 Å². The van der Waals surface area contributed by atoms with Gasteiger partial charge in [-0.25, -0.2) is 14.0 Å². The van der Waals surface area contributed by atoms with Crippen LogP contribution >= 0.6 is 7.14 Å². The molecule has 4 aromatic rings. The second-order valence-electron chi connectivity index (χ2n) is 7.85. The molecule has 0 saturated heterocycles. The van der Waals surface area contributed by atoms with Gasteiger partial charge in [-0.2, -0.15) is 0 Å². The lowest BCUT2D eigenvalue weighted by Gasteiger charge is -2.28. The Kier molecular flexibility index (Phi) is 6.21. The van der Waals surface area contributed by atoms with Gasteiger partial charge in [0, 0.05) is 24.7 Å². The maximum Gasteiger partial charge on any atom is 0.354 e. The highest BCUT2D eigenvalue weighted by Crippen LogP contribution is 2.42. The summed E-state index contributed by atoms with van der Waals surface area (Å²) in [5.74, 6) is 0. The minimum atomic E-state index is -3.62. The minimum Gasteiger partial charge on any atom is -0.315 e. The zero-order chi connectivity index (χ0) is 23.6. The summed E-state index contributed by atoms with van der Waals surface area (Å²) in [5.41, 5.74) is -0.181. The third-order valence-electron chi connectivity index (χ3n) is 5.61. The van der Waals surface area contributed by atoms with Crippen LogP contribution in [0.15, 0.2) is 101 Å². The van der Waals surface area contributed by atoms with Gasteiger partial charge in [-0.15, -0.1) is 0 Å². The Bertz CT molecular complexity index is 1380. The number of aromatic nitrogens is 2. The van der Waals surface area contributed by atoms with Gasteiger partial charge in [0.05, 0.1) is 11.4 Å². The third kappa shape index (κ3) is 3.77. The molecule has 33 heavy (non-hydrogen) atoms. The zero-order valence-corrected chi connectivity index (χ0v) is 19.8. The van der Waals surface area contributed by atoms with Crippen molar-refractivity contribution in [1.82, 2.24) is 9.24 Å². The Morgan fingerprint density at radius 3 is 1.64 bits per heavy atom. The molecule has 0 fully saturated rings. The monoisotopic (exact) mass is 459 g/mol. The summed E-state index contributed by atoms with van der Waals surface area (Å²) in [6.07, 6.45) is 0.358. The molecule has 0 amide bonds. The predicted octanol–water partition coefficient (Wildman–Crippen LogP) is 2.40. The van der Waals surface area contributed by atoms with Crippen molar-refractivity contribution in [2.24, 2.45) is 0 Å². The lowest BCUT2D eigenvalue weighted by Crippen LogP contribution is -2.55. The van der Waals surface area contributed by atoms with Crippen molar-refractivity contribution in [2.75, 3.05) is 19.1 Å². The Morgan fingerprint density at radius 2 is 1.21 bits per heavy atom. The normalized spacial score (nSPS) is 11.4. The summed E-state index contributed by atoms with van der Waals surface area (Å²) in [6, 6.07) is 26.8. The highest BCUT2D eigenvalue weighted by molar-refractivity contribution is 7.85. The second-order valence-corrected chi connectivity index (χ2v) is 10.5. The first-order chi connectivity index (χ1) is 15.9. The molecule has 4 rings (SSSR count). The van der Waals surface area contributed by atoms with E-state index in [4.69, 9.17) is 0 Å². The maximum atomic E-state index is 15.1. The number of para-hydroxylation sites is 1. The molecule has 3 aromatic carbocycles. The first kappa shape index (κ1) is 22.6. The first-order valence-corrected chi connectivity index (χ1v) is 12.5. The molecule has 0 unspecified atom stereocenters. The maximum absolute atomic E-state index is 15.1. The molecule has 0 radical (unpaired) electrons. The summed E-state index contributed by atoms with van der Waals surface area (Å²) in [6.45, 7) is 1.87. The van der Waals surface area contributed by atoms with Crippen LogP contribution < -0.4 is 32.2 Å². The Balaban J connectivity index is 2.24. The van der Waals surface area contributed by atoms with Gasteiger partial charge < -0.3 is 9.57 Å². The van der Waals surface area contributed by atoms with Gasteiger partial charge >= 0.3 is 5.69 Å². The van der Waals surface area contributed by atoms with Crippen LogP contribution in [-0.4, -0.2) is 23.3 Å². The van der Waals surface area contributed by atoms with Crippen molar-refractivity contribution in [2.45, 2.75) is 13.3 Å². The van der Waals surface area contributed by atoms with E-state index in [-0.39, 0.29) is 5.30 Å². The standard InChI is InChI=1S/C26H26N3O3P/c1-4-23-24(33(32,21-16-10-6-11-17-21)22-18-12-7-13-19-22)25(30)28(20-14-8-5-9-15-20)26(31)29(23)27(2)3/h5-19H,4H2,1-3H3. The van der Waals surface area contributed by atoms with E-state index >= 15 is 4.57 Å². The molecule has 0 aliphatic carbocycles. The van der Waals surface area contributed by atoms with Gasteiger partial charge in [-0.3, -0.25) is 4.79 Å². The Hall–Kier alpha value is -3.63. The average Bonchev–Trinajstić information content (AvgIpc) is 2.84. The predicted molar refractivity (Wildman–Crippen MR) is 135 cm³/mol. The largest absolute Gasteiger partial charge is 0.354 e. The molecule has 1 aromatic heterocycles. The van der Waals surface area contributed by atoms with Gasteiger partial charge in [0.2, 0.25) is 0 Å². The Labute approximate surface area is 192 Å². The SMILES string of the molecule is CCc1c(P(=O)(c2ccccc2)c2ccccc2)c(=O)n(-c2ccccc2)c(=O)n1N(C)C. The van der Waals surface area contributed by atoms with Gasteiger partial charge in [0.15, 0.2) is 7.14 Å². The van der Waals surface area contributed by atoms with Crippen LogP contribution in [0.4, 0.5) is 0 Å². The summed E-state index contributed by atoms with van der Waals surface area (Å²) >= 11 is 0. The van der Waals surface area contributed by atoms with E-state index in [2.05, 4.69) is 0 Å². The zero-order valence-electron chi connectivity index (χ0n) is 18.9. The topological polar surface area (TPSA) is 64.3 Å². The summed E-state index contributed by atoms with van der Waals surface area (Å²) in [4.78, 5) is 27.7. The van der Waals surface area contributed by atoms with E-state index in [1.807, 2.05) is 49.4 Å². The molecule has 0 spiro atoms. The molecule has 0 saturated carbocycles. The molecule has 0 bridgehead atoms. The van der Waals surface area contributed by atoms with E-state index in [1.54, 1.807) is 67.6 Å². The highest BCUT2D eigenvalue weighted by Gasteiger charge is 2.37. The van der Waals surface area contributed by atoms with E-state index < -0.39 is 18.4 Å². The van der Waals surface area contributed by atoms with Gasteiger partial charge in [0.1, 0.15) is 5.30 Å². The molecule has 168 valence electrons. The third-order valence-corrected chi connectivity index (χ3v) is 8.74. The smallest absolute Gasteiger partial charge is 0.315 e. The molecule has 0 N–H and O–H groups in total. The lowest BCUT2D eigenvalue weighted by atomic mass is 10.3. The van der Waals surface area contributed by atoms with Crippen LogP contribution in [0.2, 0.25) is 0 Å². The van der Waals surface area contributed by atoms with Crippen LogP contribution in [0.25, 0.3) is 5.69 Å². The average molecular weight is 459 g/mol. The van der Waals surface area contributed by atoms with Crippen molar-refractivity contribution < 1.29 is 4.57 Å². The summed E-state index contributed by atoms with van der Waals surface area (Å²) < 4.78 is 17.7. The number of nitrogens with zero attached hydrogens (tertiary/aromatic N) is 3. The highest BCUT2D eigenvalue weighted by atomic mass is 31.2. The van der Waals surface area contributed by atoms with E-state index in [9.17, 15) is 9.59 Å². The second kappa shape index (κ2) is 9.08. The number of hydrogen-bond donors (Lipinski definition) is 0. The van der Waals surface area contributed by atoms with Crippen LogP contribution in [0.3, 0.4) is 0 Å². The Morgan fingerprint density at radius 1 is 0.758 bits per heavy atom. The van der Waals surface area contributed by atoms with Gasteiger partial charge in [-0.05, 0) is 18.6 Å². The summed E-state index contributed by atoms with van der Waals surface area (Å²) in [5, 5.41) is 2.88. The number of hydrogen-bond acceptors (Lipinski definition) is 4. The van der Waals surface area contributed by atoms with Gasteiger partial charge in [0.25, 0.3) is 5.56 Å². The van der Waals surface area contributed by atoms with E-state index in [0.29, 0.717) is 28.4 Å². The first-order valence-electron chi connectivity index (χ1n) is 10.8. The summed E-state index contributed by atoms with van der Waals surface area (Å²) in [7, 11) is -0.149.